The number of unbranched alkanes of at least 4 members (excludes halogenated alkanes) is 1. The van der Waals surface area contributed by atoms with Crippen LogP contribution in [0.25, 0.3) is 11.1 Å². The lowest BCUT2D eigenvalue weighted by molar-refractivity contribution is -0.150. The van der Waals surface area contributed by atoms with Gasteiger partial charge >= 0.3 is 0 Å². The fourth-order valence-corrected chi connectivity index (χ4v) is 12.4. The monoisotopic (exact) mass is 1210 g/mol. The third-order valence-corrected chi connectivity index (χ3v) is 17.2. The van der Waals surface area contributed by atoms with Gasteiger partial charge in [-0.25, -0.2) is 0 Å². The van der Waals surface area contributed by atoms with Crippen molar-refractivity contribution in [2.24, 2.45) is 0 Å². The largest absolute Gasteiger partial charge is 0.354 e. The molecule has 3 saturated heterocycles. The Labute approximate surface area is 524 Å². The Bertz CT molecular complexity index is 3760. The number of piperazine rings is 3. The van der Waals surface area contributed by atoms with E-state index in [1.807, 2.05) is 198 Å². The summed E-state index contributed by atoms with van der Waals surface area (Å²) in [4.78, 5) is 130. The van der Waals surface area contributed by atoms with Crippen molar-refractivity contribution in [2.75, 3.05) is 56.4 Å². The number of rotatable bonds is 20. The number of carbonyl (C=O) groups is 9. The van der Waals surface area contributed by atoms with Crippen molar-refractivity contribution in [1.29, 1.82) is 0 Å². The summed E-state index contributed by atoms with van der Waals surface area (Å²) in [6.07, 6.45) is 2.28. The van der Waals surface area contributed by atoms with Crippen LogP contribution in [0, 0.1) is 27.7 Å². The van der Waals surface area contributed by atoms with Crippen LogP contribution < -0.4 is 31.9 Å². The zero-order valence-corrected chi connectivity index (χ0v) is 51.1. The third kappa shape index (κ3) is 14.2. The normalized spacial score (nSPS) is 16.9. The SMILES string of the molecule is Cc1cccc(C)c1NC(=O)C1C(=O)NCCN1C(=O)CCc1cccc(-c2ccc(C)c(NC(=O)C3C(=O)NCCN3C(=O)C(c3ccccc3)c3ccc(CCCCNC(=O)C4C(=O)NCCN4C(=O)C(c4ccccc4)c4ccccc4)cc3)c2C)c1. The Morgan fingerprint density at radius 3 is 1.44 bits per heavy atom. The van der Waals surface area contributed by atoms with E-state index >= 15 is 4.79 Å². The van der Waals surface area contributed by atoms with Gasteiger partial charge in [0.1, 0.15) is 0 Å². The first-order valence-corrected chi connectivity index (χ1v) is 30.7. The van der Waals surface area contributed by atoms with Gasteiger partial charge in [-0.15, -0.1) is 0 Å². The summed E-state index contributed by atoms with van der Waals surface area (Å²) in [7, 11) is 0. The minimum absolute atomic E-state index is 0.0433. The van der Waals surface area contributed by atoms with Crippen LogP contribution in [0.15, 0.2) is 170 Å². The van der Waals surface area contributed by atoms with Crippen molar-refractivity contribution in [3.63, 3.8) is 0 Å². The summed E-state index contributed by atoms with van der Waals surface area (Å²) in [6, 6.07) is 48.6. The van der Waals surface area contributed by atoms with E-state index in [9.17, 15) is 38.4 Å². The number of nitrogens with one attached hydrogen (secondary N) is 6. The predicted molar refractivity (Wildman–Crippen MR) is 344 cm³/mol. The van der Waals surface area contributed by atoms with E-state index in [0.29, 0.717) is 48.2 Å². The molecule has 0 saturated carbocycles. The highest BCUT2D eigenvalue weighted by molar-refractivity contribution is 6.14. The highest BCUT2D eigenvalue weighted by Crippen LogP contribution is 2.35. The van der Waals surface area contributed by atoms with Crippen molar-refractivity contribution in [1.82, 2.24) is 36.0 Å². The molecule has 9 amide bonds. The maximum Gasteiger partial charge on any atom is 0.257 e. The van der Waals surface area contributed by atoms with Gasteiger partial charge in [0.15, 0.2) is 18.1 Å². The number of para-hydroxylation sites is 1. The van der Waals surface area contributed by atoms with Gasteiger partial charge in [-0.1, -0.05) is 170 Å². The number of anilines is 2. The average Bonchev–Trinajstić information content (AvgIpc) is 1.33. The number of hydrogen-bond donors (Lipinski definition) is 6. The molecular formula is C72H75N9O9. The lowest BCUT2D eigenvalue weighted by Crippen LogP contribution is -2.63. The van der Waals surface area contributed by atoms with Gasteiger partial charge in [-0.2, -0.15) is 0 Å². The van der Waals surface area contributed by atoms with Crippen molar-refractivity contribution in [3.8, 4) is 11.1 Å². The highest BCUT2D eigenvalue weighted by atomic mass is 16.2. The smallest absolute Gasteiger partial charge is 0.257 e. The topological polar surface area (TPSA) is 236 Å². The maximum absolute atomic E-state index is 15.1. The molecule has 7 aromatic rings. The molecule has 3 aliphatic rings. The van der Waals surface area contributed by atoms with Crippen molar-refractivity contribution in [3.05, 3.63) is 225 Å². The van der Waals surface area contributed by atoms with Crippen LogP contribution >= 0.6 is 0 Å². The molecule has 7 aromatic carbocycles. The molecule has 18 heteroatoms. The lowest BCUT2D eigenvalue weighted by atomic mass is 9.88. The molecule has 0 spiro atoms. The van der Waals surface area contributed by atoms with Gasteiger partial charge in [-0.3, -0.25) is 43.2 Å². The molecule has 0 radical (unpaired) electrons. The molecule has 3 aliphatic heterocycles. The molecular weight excluding hydrogens is 1130 g/mol. The second-order valence-corrected chi connectivity index (χ2v) is 23.2. The Hall–Kier alpha value is -10.2. The van der Waals surface area contributed by atoms with Crippen molar-refractivity contribution < 1.29 is 43.2 Å². The van der Waals surface area contributed by atoms with Crippen LogP contribution in [0.3, 0.4) is 0 Å². The molecule has 462 valence electrons. The molecule has 18 nitrogen and oxygen atoms in total. The third-order valence-electron chi connectivity index (χ3n) is 17.2. The van der Waals surface area contributed by atoms with Crippen molar-refractivity contribution in [2.45, 2.75) is 89.8 Å². The molecule has 0 aromatic heterocycles. The predicted octanol–water partition coefficient (Wildman–Crippen LogP) is 7.18. The molecule has 90 heavy (non-hydrogen) atoms. The Morgan fingerprint density at radius 1 is 0.456 bits per heavy atom. The standard InChI is InChI=1S/C72H75N9O9/c1-45-18-16-19-46(2)60(45)77-69(87)63-67(85)74-38-41-79(63)57(82)36-32-50-21-17-28-55(44-50)56-35-29-47(3)61(48(56)4)78-70(88)64-68(86)76-40-43-81(64)72(90)59(53-26-12-7-13-27-53)54-33-30-49(31-34-54)20-14-15-37-73-65(83)62-66(84)75-39-42-80(62)71(89)58(51-22-8-5-9-23-51)52-24-10-6-11-25-52/h5-13,16-19,21-31,33-35,44,58-59,62-64H,14-15,20,32,36-43H2,1-4H3,(H,73,83)(H,74,85)(H,75,84)(H,76,86)(H,77,87)(H,78,88). The molecule has 4 unspecified atom stereocenters. The van der Waals surface area contributed by atoms with Gasteiger partial charge in [0.25, 0.3) is 35.4 Å². The molecule has 3 fully saturated rings. The second kappa shape index (κ2) is 28.7. The second-order valence-electron chi connectivity index (χ2n) is 23.2. The summed E-state index contributed by atoms with van der Waals surface area (Å²) >= 11 is 0. The number of benzene rings is 7. The maximum atomic E-state index is 15.1. The Balaban J connectivity index is 0.773. The van der Waals surface area contributed by atoms with Gasteiger partial charge in [-0.05, 0) is 120 Å². The minimum Gasteiger partial charge on any atom is -0.354 e. The fourth-order valence-electron chi connectivity index (χ4n) is 12.4. The Kier molecular flexibility index (Phi) is 20.1. The molecule has 3 heterocycles. The molecule has 0 bridgehead atoms. The van der Waals surface area contributed by atoms with Gasteiger partial charge in [0, 0.05) is 63.6 Å². The molecule has 10 rings (SSSR count). The van der Waals surface area contributed by atoms with Crippen LogP contribution in [-0.4, -0.2) is 132 Å². The minimum atomic E-state index is -1.50. The summed E-state index contributed by atoms with van der Waals surface area (Å²) in [5.74, 6) is -6.11. The lowest BCUT2D eigenvalue weighted by Gasteiger charge is -2.36. The van der Waals surface area contributed by atoms with E-state index < -0.39 is 71.3 Å². The summed E-state index contributed by atoms with van der Waals surface area (Å²) in [5.41, 5.74) is 10.5. The van der Waals surface area contributed by atoms with E-state index in [2.05, 4.69) is 31.9 Å². The number of carbonyl (C=O) groups excluding carboxylic acids is 9. The Morgan fingerprint density at radius 2 is 0.911 bits per heavy atom. The summed E-state index contributed by atoms with van der Waals surface area (Å²) in [6.45, 7) is 8.80. The van der Waals surface area contributed by atoms with Crippen LogP contribution in [0.4, 0.5) is 11.4 Å². The van der Waals surface area contributed by atoms with E-state index in [0.717, 1.165) is 55.6 Å². The number of hydrogen-bond acceptors (Lipinski definition) is 9. The average molecular weight is 1210 g/mol. The number of aryl methyl sites for hydroxylation is 5. The van der Waals surface area contributed by atoms with E-state index in [-0.39, 0.29) is 64.0 Å². The number of nitrogens with zero attached hydrogens (tertiary/aromatic N) is 3. The zero-order valence-electron chi connectivity index (χ0n) is 51.1. The van der Waals surface area contributed by atoms with Crippen molar-refractivity contribution >= 4 is 64.5 Å². The summed E-state index contributed by atoms with van der Waals surface area (Å²) < 4.78 is 0. The quantitative estimate of drug-likeness (QED) is 0.0335. The van der Waals surface area contributed by atoms with E-state index in [4.69, 9.17) is 0 Å². The zero-order chi connectivity index (χ0) is 63.4. The first kappa shape index (κ1) is 62.8. The first-order chi connectivity index (χ1) is 43.6. The molecule has 0 aliphatic carbocycles. The first-order valence-electron chi connectivity index (χ1n) is 30.7. The van der Waals surface area contributed by atoms with Crippen LogP contribution in [0.2, 0.25) is 0 Å². The van der Waals surface area contributed by atoms with Crippen LogP contribution in [0.5, 0.6) is 0 Å². The number of amides is 9. The van der Waals surface area contributed by atoms with Gasteiger partial charge < -0.3 is 46.6 Å². The van der Waals surface area contributed by atoms with Crippen LogP contribution in [-0.2, 0) is 56.0 Å². The van der Waals surface area contributed by atoms with E-state index in [1.165, 1.54) is 14.7 Å². The summed E-state index contributed by atoms with van der Waals surface area (Å²) in [5, 5.41) is 17.1. The molecule has 6 N–H and O–H groups in total. The van der Waals surface area contributed by atoms with Gasteiger partial charge in [0.05, 0.1) is 11.8 Å². The van der Waals surface area contributed by atoms with Gasteiger partial charge in [0.2, 0.25) is 17.7 Å². The van der Waals surface area contributed by atoms with E-state index in [1.54, 1.807) is 0 Å². The highest BCUT2D eigenvalue weighted by Gasteiger charge is 2.44. The molecule has 4 atom stereocenters. The fraction of sp³-hybridized carbons (Fsp3) is 0.292. The van der Waals surface area contributed by atoms with Crippen LogP contribution in [0.1, 0.15) is 86.7 Å².